The summed E-state index contributed by atoms with van der Waals surface area (Å²) in [5, 5.41) is 0. The molecule has 1 fully saturated rings. The lowest BCUT2D eigenvalue weighted by Gasteiger charge is -2.42. The van der Waals surface area contributed by atoms with Crippen molar-refractivity contribution in [1.29, 1.82) is 0 Å². The van der Waals surface area contributed by atoms with Crippen molar-refractivity contribution in [2.45, 2.75) is 39.2 Å². The van der Waals surface area contributed by atoms with E-state index in [0.717, 1.165) is 13.0 Å². The fraction of sp³-hybridized carbons (Fsp3) is 0.625. The Labute approximate surface area is 111 Å². The third-order valence-electron chi connectivity index (χ3n) is 4.00. The van der Waals surface area contributed by atoms with Crippen LogP contribution in [0, 0.1) is 5.41 Å². The van der Waals surface area contributed by atoms with E-state index in [1.165, 1.54) is 31.5 Å². The Hall–Kier alpha value is -0.860. The van der Waals surface area contributed by atoms with Crippen molar-refractivity contribution < 1.29 is 0 Å². The van der Waals surface area contributed by atoms with Crippen LogP contribution in [0.3, 0.4) is 0 Å². The highest BCUT2D eigenvalue weighted by atomic mass is 15.2. The van der Waals surface area contributed by atoms with E-state index in [-0.39, 0.29) is 0 Å². The molecule has 2 heteroatoms. The monoisotopic (exact) mass is 246 g/mol. The summed E-state index contributed by atoms with van der Waals surface area (Å²) in [6, 6.07) is 11.3. The number of hydrogen-bond acceptors (Lipinski definition) is 2. The fourth-order valence-electron chi connectivity index (χ4n) is 3.13. The van der Waals surface area contributed by atoms with E-state index in [4.69, 9.17) is 5.73 Å². The van der Waals surface area contributed by atoms with Gasteiger partial charge in [0, 0.05) is 12.6 Å². The minimum absolute atomic E-state index is 0.444. The Bertz CT molecular complexity index is 359. The molecule has 0 radical (unpaired) electrons. The van der Waals surface area contributed by atoms with Gasteiger partial charge < -0.3 is 5.73 Å². The molecule has 1 aliphatic heterocycles. The Kier molecular flexibility index (Phi) is 4.41. The van der Waals surface area contributed by atoms with Crippen molar-refractivity contribution in [3.05, 3.63) is 35.9 Å². The topological polar surface area (TPSA) is 29.3 Å². The van der Waals surface area contributed by atoms with Crippen LogP contribution in [0.15, 0.2) is 30.3 Å². The second-order valence-corrected chi connectivity index (χ2v) is 6.24. The van der Waals surface area contributed by atoms with Crippen molar-refractivity contribution in [3.8, 4) is 0 Å². The van der Waals surface area contributed by atoms with Crippen molar-refractivity contribution >= 4 is 0 Å². The number of piperidine rings is 1. The lowest BCUT2D eigenvalue weighted by molar-refractivity contribution is 0.0748. The lowest BCUT2D eigenvalue weighted by atomic mass is 9.83. The maximum atomic E-state index is 5.81. The molecular formula is C16H26N2. The SMILES string of the molecule is CC1(C)CCCN(C(CCN)c2ccccc2)C1. The zero-order chi connectivity index (χ0) is 13.0. The summed E-state index contributed by atoms with van der Waals surface area (Å²) in [7, 11) is 0. The fourth-order valence-corrected chi connectivity index (χ4v) is 3.13. The average Bonchev–Trinajstić information content (AvgIpc) is 2.36. The molecule has 0 saturated carbocycles. The van der Waals surface area contributed by atoms with Gasteiger partial charge in [-0.3, -0.25) is 4.90 Å². The summed E-state index contributed by atoms with van der Waals surface area (Å²) >= 11 is 0. The van der Waals surface area contributed by atoms with Crippen LogP contribution in [0.4, 0.5) is 0 Å². The van der Waals surface area contributed by atoms with Crippen LogP contribution in [-0.4, -0.2) is 24.5 Å². The first kappa shape index (κ1) is 13.6. The Morgan fingerprint density at radius 2 is 2.00 bits per heavy atom. The number of rotatable bonds is 4. The minimum atomic E-state index is 0.444. The van der Waals surface area contributed by atoms with Crippen LogP contribution in [-0.2, 0) is 0 Å². The molecule has 0 aromatic heterocycles. The molecule has 1 aliphatic rings. The van der Waals surface area contributed by atoms with E-state index >= 15 is 0 Å². The molecule has 1 aromatic rings. The van der Waals surface area contributed by atoms with Gasteiger partial charge in [0.05, 0.1) is 0 Å². The summed E-state index contributed by atoms with van der Waals surface area (Å²) in [6.07, 6.45) is 3.70. The largest absolute Gasteiger partial charge is 0.330 e. The Morgan fingerprint density at radius 1 is 1.28 bits per heavy atom. The van der Waals surface area contributed by atoms with Gasteiger partial charge >= 0.3 is 0 Å². The third-order valence-corrected chi connectivity index (χ3v) is 4.00. The van der Waals surface area contributed by atoms with E-state index < -0.39 is 0 Å². The third kappa shape index (κ3) is 3.33. The molecule has 1 saturated heterocycles. The summed E-state index contributed by atoms with van der Waals surface area (Å²) in [6.45, 7) is 7.92. The average molecular weight is 246 g/mol. The minimum Gasteiger partial charge on any atom is -0.330 e. The molecule has 1 heterocycles. The van der Waals surface area contributed by atoms with Crippen LogP contribution < -0.4 is 5.73 Å². The molecule has 100 valence electrons. The lowest BCUT2D eigenvalue weighted by Crippen LogP contribution is -2.42. The van der Waals surface area contributed by atoms with Crippen LogP contribution in [0.25, 0.3) is 0 Å². The predicted molar refractivity (Wildman–Crippen MR) is 77.4 cm³/mol. The van der Waals surface area contributed by atoms with E-state index in [9.17, 15) is 0 Å². The second-order valence-electron chi connectivity index (χ2n) is 6.24. The number of nitrogens with two attached hydrogens (primary N) is 1. The zero-order valence-corrected chi connectivity index (χ0v) is 11.7. The van der Waals surface area contributed by atoms with Crippen LogP contribution in [0.1, 0.15) is 44.7 Å². The van der Waals surface area contributed by atoms with Crippen LogP contribution in [0.5, 0.6) is 0 Å². The maximum Gasteiger partial charge on any atom is 0.0360 e. The number of hydrogen-bond donors (Lipinski definition) is 1. The van der Waals surface area contributed by atoms with E-state index in [0.29, 0.717) is 11.5 Å². The van der Waals surface area contributed by atoms with Gasteiger partial charge in [-0.25, -0.2) is 0 Å². The first-order chi connectivity index (χ1) is 8.62. The standard InChI is InChI=1S/C16H26N2/c1-16(2)10-6-12-18(13-16)15(9-11-17)14-7-4-3-5-8-14/h3-5,7-8,15H,6,9-13,17H2,1-2H3. The first-order valence-electron chi connectivity index (χ1n) is 7.11. The molecule has 0 amide bonds. The van der Waals surface area contributed by atoms with Crippen molar-refractivity contribution in [2.75, 3.05) is 19.6 Å². The highest BCUT2D eigenvalue weighted by Gasteiger charge is 2.30. The molecule has 1 unspecified atom stereocenters. The van der Waals surface area contributed by atoms with Gasteiger partial charge in [-0.2, -0.15) is 0 Å². The maximum absolute atomic E-state index is 5.81. The Morgan fingerprint density at radius 3 is 2.61 bits per heavy atom. The molecule has 0 bridgehead atoms. The molecule has 2 rings (SSSR count). The zero-order valence-electron chi connectivity index (χ0n) is 11.7. The first-order valence-corrected chi connectivity index (χ1v) is 7.11. The van der Waals surface area contributed by atoms with Gasteiger partial charge in [-0.05, 0) is 43.3 Å². The van der Waals surface area contributed by atoms with Crippen LogP contribution in [0.2, 0.25) is 0 Å². The van der Waals surface area contributed by atoms with Crippen molar-refractivity contribution in [1.82, 2.24) is 4.90 Å². The van der Waals surface area contributed by atoms with Crippen molar-refractivity contribution in [2.24, 2.45) is 11.1 Å². The summed E-state index contributed by atoms with van der Waals surface area (Å²) in [5.74, 6) is 0. The Balaban J connectivity index is 2.15. The molecule has 2 nitrogen and oxygen atoms in total. The van der Waals surface area contributed by atoms with E-state index in [1.54, 1.807) is 0 Å². The molecular weight excluding hydrogens is 220 g/mol. The molecule has 1 atom stereocenters. The normalized spacial score (nSPS) is 21.7. The highest BCUT2D eigenvalue weighted by molar-refractivity contribution is 5.19. The summed E-state index contributed by atoms with van der Waals surface area (Å²) in [5.41, 5.74) is 7.68. The van der Waals surface area contributed by atoms with Crippen molar-refractivity contribution in [3.63, 3.8) is 0 Å². The smallest absolute Gasteiger partial charge is 0.0360 e. The quantitative estimate of drug-likeness (QED) is 0.884. The summed E-state index contributed by atoms with van der Waals surface area (Å²) in [4.78, 5) is 2.63. The predicted octanol–water partition coefficient (Wildman–Crippen LogP) is 3.20. The second kappa shape index (κ2) is 5.85. The van der Waals surface area contributed by atoms with Gasteiger partial charge in [0.15, 0.2) is 0 Å². The number of likely N-dealkylation sites (tertiary alicyclic amines) is 1. The molecule has 0 spiro atoms. The number of benzene rings is 1. The number of nitrogens with zero attached hydrogens (tertiary/aromatic N) is 1. The molecule has 18 heavy (non-hydrogen) atoms. The van der Waals surface area contributed by atoms with Gasteiger partial charge in [0.2, 0.25) is 0 Å². The molecule has 2 N–H and O–H groups in total. The highest BCUT2D eigenvalue weighted by Crippen LogP contribution is 2.34. The molecule has 0 aliphatic carbocycles. The molecule has 1 aromatic carbocycles. The van der Waals surface area contributed by atoms with Crippen LogP contribution >= 0.6 is 0 Å². The van der Waals surface area contributed by atoms with Gasteiger partial charge in [-0.1, -0.05) is 44.2 Å². The van der Waals surface area contributed by atoms with E-state index in [2.05, 4.69) is 49.1 Å². The van der Waals surface area contributed by atoms with Gasteiger partial charge in [0.25, 0.3) is 0 Å². The van der Waals surface area contributed by atoms with Gasteiger partial charge in [0.1, 0.15) is 0 Å². The van der Waals surface area contributed by atoms with E-state index in [1.807, 2.05) is 0 Å². The summed E-state index contributed by atoms with van der Waals surface area (Å²) < 4.78 is 0. The van der Waals surface area contributed by atoms with Gasteiger partial charge in [-0.15, -0.1) is 0 Å².